The van der Waals surface area contributed by atoms with Crippen molar-refractivity contribution in [1.29, 1.82) is 0 Å². The minimum atomic E-state index is -0.0764. The zero-order valence-corrected chi connectivity index (χ0v) is 20.1. The van der Waals surface area contributed by atoms with E-state index >= 15 is 0 Å². The third kappa shape index (κ3) is 10.2. The largest absolute Gasteiger partial charge is 0.462 e. The van der Waals surface area contributed by atoms with E-state index in [1.54, 1.807) is 7.05 Å². The summed E-state index contributed by atoms with van der Waals surface area (Å²) in [6.07, 6.45) is 5.95. The first kappa shape index (κ1) is 25.4. The van der Waals surface area contributed by atoms with Crippen LogP contribution in [-0.2, 0) is 14.3 Å². The third-order valence-electron chi connectivity index (χ3n) is 5.02. The van der Waals surface area contributed by atoms with E-state index in [0.29, 0.717) is 18.9 Å². The second kappa shape index (κ2) is 14.4. The number of carbonyl (C=O) groups is 1. The van der Waals surface area contributed by atoms with Crippen molar-refractivity contribution >= 4 is 35.9 Å². The van der Waals surface area contributed by atoms with Gasteiger partial charge in [0.15, 0.2) is 5.96 Å². The lowest BCUT2D eigenvalue weighted by Gasteiger charge is -2.34. The summed E-state index contributed by atoms with van der Waals surface area (Å²) in [6, 6.07) is 0. The van der Waals surface area contributed by atoms with Gasteiger partial charge in [0.2, 0.25) is 0 Å². The van der Waals surface area contributed by atoms with Crippen LogP contribution in [0.3, 0.4) is 0 Å². The molecule has 2 fully saturated rings. The fraction of sp³-hybridized carbons (Fsp3) is 0.900. The molecule has 1 heterocycles. The minimum Gasteiger partial charge on any atom is -0.462 e. The van der Waals surface area contributed by atoms with Crippen LogP contribution in [0.25, 0.3) is 0 Å². The van der Waals surface area contributed by atoms with Gasteiger partial charge < -0.3 is 20.1 Å². The molecule has 1 aliphatic heterocycles. The van der Waals surface area contributed by atoms with E-state index in [-0.39, 0.29) is 42.2 Å². The second-order valence-corrected chi connectivity index (χ2v) is 8.03. The first-order chi connectivity index (χ1) is 13.1. The van der Waals surface area contributed by atoms with Crippen molar-refractivity contribution in [2.75, 3.05) is 46.4 Å². The lowest BCUT2D eigenvalue weighted by Crippen LogP contribution is -2.50. The number of aliphatic imine (C=N–C) groups is 1. The van der Waals surface area contributed by atoms with E-state index in [2.05, 4.69) is 34.4 Å². The van der Waals surface area contributed by atoms with Gasteiger partial charge in [-0.3, -0.25) is 14.7 Å². The van der Waals surface area contributed by atoms with Crippen LogP contribution in [0.1, 0.15) is 52.4 Å². The molecule has 0 bridgehead atoms. The molecule has 7 nitrogen and oxygen atoms in total. The number of rotatable bonds is 9. The Hall–Kier alpha value is -0.610. The molecule has 1 saturated heterocycles. The van der Waals surface area contributed by atoms with Gasteiger partial charge in [-0.05, 0) is 38.0 Å². The number of nitrogens with one attached hydrogen (secondary N) is 2. The highest BCUT2D eigenvalue weighted by Gasteiger charge is 2.21. The number of hydrogen-bond acceptors (Lipinski definition) is 5. The SMILES string of the molecule is CN=C(NCCCC(=O)OC1CCCC1)NCC1CN(CC(C)C)CCO1.I. The highest BCUT2D eigenvalue weighted by molar-refractivity contribution is 14.0. The Balaban J connectivity index is 0.00000392. The van der Waals surface area contributed by atoms with Gasteiger partial charge in [0.1, 0.15) is 6.10 Å². The topological polar surface area (TPSA) is 75.2 Å². The summed E-state index contributed by atoms with van der Waals surface area (Å²) in [7, 11) is 1.76. The molecule has 1 aliphatic carbocycles. The van der Waals surface area contributed by atoms with Crippen LogP contribution in [0.4, 0.5) is 0 Å². The molecule has 2 rings (SSSR count). The summed E-state index contributed by atoms with van der Waals surface area (Å²) in [4.78, 5) is 18.5. The zero-order chi connectivity index (χ0) is 19.5. The Bertz CT molecular complexity index is 470. The van der Waals surface area contributed by atoms with E-state index in [0.717, 1.165) is 58.0 Å². The van der Waals surface area contributed by atoms with Crippen LogP contribution in [0.15, 0.2) is 4.99 Å². The first-order valence-electron chi connectivity index (χ1n) is 10.5. The van der Waals surface area contributed by atoms with Gasteiger partial charge in [-0.1, -0.05) is 13.8 Å². The van der Waals surface area contributed by atoms with E-state index < -0.39 is 0 Å². The lowest BCUT2D eigenvalue weighted by atomic mass is 10.2. The van der Waals surface area contributed by atoms with Crippen LogP contribution in [-0.4, -0.2) is 75.4 Å². The first-order valence-corrected chi connectivity index (χ1v) is 10.5. The van der Waals surface area contributed by atoms with Crippen molar-refractivity contribution in [2.45, 2.75) is 64.6 Å². The number of halogens is 1. The smallest absolute Gasteiger partial charge is 0.306 e. The maximum Gasteiger partial charge on any atom is 0.306 e. The van der Waals surface area contributed by atoms with Crippen LogP contribution in [0, 0.1) is 5.92 Å². The Morgan fingerprint density at radius 2 is 2.04 bits per heavy atom. The highest BCUT2D eigenvalue weighted by atomic mass is 127. The number of nitrogens with zero attached hydrogens (tertiary/aromatic N) is 2. The quantitative estimate of drug-likeness (QED) is 0.163. The van der Waals surface area contributed by atoms with Crippen molar-refractivity contribution in [1.82, 2.24) is 15.5 Å². The van der Waals surface area contributed by atoms with Gasteiger partial charge in [-0.2, -0.15) is 0 Å². The standard InChI is InChI=1S/C20H38N4O3.HI/c1-16(2)14-24-11-12-26-18(15-24)13-23-20(21-3)22-10-6-9-19(25)27-17-7-4-5-8-17;/h16-18H,4-15H2,1-3H3,(H2,21,22,23);1H. The Morgan fingerprint density at radius 1 is 1.29 bits per heavy atom. The molecule has 1 atom stereocenters. The molecule has 0 aromatic rings. The molecule has 0 radical (unpaired) electrons. The molecular weight excluding hydrogens is 471 g/mol. The third-order valence-corrected chi connectivity index (χ3v) is 5.02. The zero-order valence-electron chi connectivity index (χ0n) is 17.7. The minimum absolute atomic E-state index is 0. The van der Waals surface area contributed by atoms with E-state index in [1.165, 1.54) is 12.8 Å². The molecular formula is C20H39IN4O3. The predicted octanol–water partition coefficient (Wildman–Crippen LogP) is 2.39. The van der Waals surface area contributed by atoms with Crippen LogP contribution in [0.5, 0.6) is 0 Å². The number of guanidine groups is 1. The Morgan fingerprint density at radius 3 is 2.71 bits per heavy atom. The molecule has 8 heteroatoms. The molecule has 0 aromatic heterocycles. The molecule has 0 aromatic carbocycles. The number of hydrogen-bond donors (Lipinski definition) is 2. The summed E-state index contributed by atoms with van der Waals surface area (Å²) < 4.78 is 11.3. The fourth-order valence-electron chi connectivity index (χ4n) is 3.71. The van der Waals surface area contributed by atoms with Crippen molar-refractivity contribution in [3.8, 4) is 0 Å². The van der Waals surface area contributed by atoms with Gasteiger partial charge in [0.05, 0.1) is 12.7 Å². The second-order valence-electron chi connectivity index (χ2n) is 8.03. The van der Waals surface area contributed by atoms with Crippen molar-refractivity contribution < 1.29 is 14.3 Å². The molecule has 28 heavy (non-hydrogen) atoms. The Kier molecular flexibility index (Phi) is 13.1. The van der Waals surface area contributed by atoms with Crippen LogP contribution < -0.4 is 10.6 Å². The number of carbonyl (C=O) groups excluding carboxylic acids is 1. The average molecular weight is 510 g/mol. The molecule has 2 aliphatic rings. The summed E-state index contributed by atoms with van der Waals surface area (Å²) in [6.45, 7) is 9.80. The van der Waals surface area contributed by atoms with E-state index in [4.69, 9.17) is 9.47 Å². The fourth-order valence-corrected chi connectivity index (χ4v) is 3.71. The van der Waals surface area contributed by atoms with E-state index in [9.17, 15) is 4.79 Å². The number of morpholine rings is 1. The Labute approximate surface area is 187 Å². The molecule has 1 saturated carbocycles. The van der Waals surface area contributed by atoms with Gasteiger partial charge in [-0.15, -0.1) is 24.0 Å². The van der Waals surface area contributed by atoms with Gasteiger partial charge in [0.25, 0.3) is 0 Å². The predicted molar refractivity (Wildman–Crippen MR) is 123 cm³/mol. The summed E-state index contributed by atoms with van der Waals surface area (Å²) in [5.74, 6) is 1.35. The van der Waals surface area contributed by atoms with Gasteiger partial charge in [-0.25, -0.2) is 0 Å². The van der Waals surface area contributed by atoms with Crippen LogP contribution in [0.2, 0.25) is 0 Å². The normalized spacial score (nSPS) is 21.4. The maximum absolute atomic E-state index is 11.8. The van der Waals surface area contributed by atoms with Crippen LogP contribution >= 0.6 is 24.0 Å². The molecule has 0 spiro atoms. The highest BCUT2D eigenvalue weighted by Crippen LogP contribution is 2.21. The molecule has 2 N–H and O–H groups in total. The van der Waals surface area contributed by atoms with Crippen molar-refractivity contribution in [3.05, 3.63) is 0 Å². The lowest BCUT2D eigenvalue weighted by molar-refractivity contribution is -0.148. The monoisotopic (exact) mass is 510 g/mol. The molecule has 164 valence electrons. The summed E-state index contributed by atoms with van der Waals surface area (Å²) in [5, 5.41) is 6.59. The molecule has 1 unspecified atom stereocenters. The average Bonchev–Trinajstić information content (AvgIpc) is 3.14. The van der Waals surface area contributed by atoms with Gasteiger partial charge in [0, 0.05) is 46.2 Å². The summed E-state index contributed by atoms with van der Waals surface area (Å²) in [5.41, 5.74) is 0. The van der Waals surface area contributed by atoms with Gasteiger partial charge >= 0.3 is 5.97 Å². The van der Waals surface area contributed by atoms with Crippen molar-refractivity contribution in [2.24, 2.45) is 10.9 Å². The maximum atomic E-state index is 11.8. The van der Waals surface area contributed by atoms with Crippen molar-refractivity contribution in [3.63, 3.8) is 0 Å². The molecule has 0 amide bonds. The van der Waals surface area contributed by atoms with E-state index in [1.807, 2.05) is 0 Å². The summed E-state index contributed by atoms with van der Waals surface area (Å²) >= 11 is 0. The number of esters is 1. The number of ether oxygens (including phenoxy) is 2.